The van der Waals surface area contributed by atoms with Crippen molar-refractivity contribution >= 4 is 44.3 Å². The number of nitrogens with zero attached hydrogens (tertiary/aromatic N) is 3. The van der Waals surface area contributed by atoms with Crippen LogP contribution in [0.4, 0.5) is 0 Å². The Morgan fingerprint density at radius 3 is 3.00 bits per heavy atom. The van der Waals surface area contributed by atoms with E-state index < -0.39 is 0 Å². The van der Waals surface area contributed by atoms with Gasteiger partial charge in [0.05, 0.1) is 28.4 Å². The number of thiazole rings is 1. The molecule has 7 heteroatoms. The second kappa shape index (κ2) is 6.78. The van der Waals surface area contributed by atoms with Crippen LogP contribution in [0.25, 0.3) is 21.3 Å². The highest BCUT2D eigenvalue weighted by Gasteiger charge is 2.28. The molecule has 1 atom stereocenters. The van der Waals surface area contributed by atoms with E-state index >= 15 is 0 Å². The summed E-state index contributed by atoms with van der Waals surface area (Å²) in [7, 11) is 0. The zero-order valence-electron chi connectivity index (χ0n) is 14.6. The van der Waals surface area contributed by atoms with Crippen LogP contribution in [0.1, 0.15) is 30.3 Å². The minimum atomic E-state index is -0.346. The van der Waals surface area contributed by atoms with Gasteiger partial charge in [0.2, 0.25) is 0 Å². The largest absolute Gasteiger partial charge is 0.421 e. The van der Waals surface area contributed by atoms with E-state index in [9.17, 15) is 4.79 Å². The van der Waals surface area contributed by atoms with Gasteiger partial charge in [-0.2, -0.15) is 0 Å². The van der Waals surface area contributed by atoms with Gasteiger partial charge in [0.1, 0.15) is 5.01 Å². The van der Waals surface area contributed by atoms with E-state index in [2.05, 4.69) is 17.0 Å². The van der Waals surface area contributed by atoms with E-state index in [0.29, 0.717) is 17.3 Å². The maximum Gasteiger partial charge on any atom is 0.421 e. The van der Waals surface area contributed by atoms with Crippen molar-refractivity contribution in [2.75, 3.05) is 6.54 Å². The molecule has 138 valence electrons. The van der Waals surface area contributed by atoms with Gasteiger partial charge in [-0.05, 0) is 43.2 Å². The van der Waals surface area contributed by atoms with Gasteiger partial charge in [-0.3, -0.25) is 9.47 Å². The number of halogens is 1. The molecule has 0 N–H and O–H groups in total. The summed E-state index contributed by atoms with van der Waals surface area (Å²) in [5.41, 5.74) is 2.35. The molecule has 0 saturated carbocycles. The lowest BCUT2D eigenvalue weighted by Crippen LogP contribution is -2.37. The van der Waals surface area contributed by atoms with Crippen LogP contribution in [-0.4, -0.2) is 21.0 Å². The highest BCUT2D eigenvalue weighted by Crippen LogP contribution is 2.36. The second-order valence-electron chi connectivity index (χ2n) is 6.89. The Balaban J connectivity index is 1.52. The molecule has 1 aliphatic rings. The molecule has 0 radical (unpaired) electrons. The van der Waals surface area contributed by atoms with Crippen LogP contribution < -0.4 is 5.76 Å². The predicted molar refractivity (Wildman–Crippen MR) is 108 cm³/mol. The number of hydrogen-bond donors (Lipinski definition) is 0. The summed E-state index contributed by atoms with van der Waals surface area (Å²) in [5.74, 6) is -0.346. The van der Waals surface area contributed by atoms with Crippen LogP contribution in [0.15, 0.2) is 51.7 Å². The smallest absolute Gasteiger partial charge is 0.408 e. The third-order valence-electron chi connectivity index (χ3n) is 5.16. The first-order valence-electron chi connectivity index (χ1n) is 9.07. The number of benzene rings is 2. The van der Waals surface area contributed by atoms with Crippen molar-refractivity contribution in [1.29, 1.82) is 0 Å². The third-order valence-corrected chi connectivity index (χ3v) is 6.53. The van der Waals surface area contributed by atoms with Gasteiger partial charge in [0, 0.05) is 11.6 Å². The molecule has 0 unspecified atom stereocenters. The Hall–Kier alpha value is -2.15. The highest BCUT2D eigenvalue weighted by atomic mass is 35.5. The van der Waals surface area contributed by atoms with E-state index in [4.69, 9.17) is 21.0 Å². The number of hydrogen-bond acceptors (Lipinski definition) is 5. The maximum absolute atomic E-state index is 12.4. The number of oxazole rings is 1. The second-order valence-corrected chi connectivity index (χ2v) is 8.39. The normalized spacial score (nSPS) is 18.5. The van der Waals surface area contributed by atoms with E-state index in [-0.39, 0.29) is 11.8 Å². The van der Waals surface area contributed by atoms with Crippen molar-refractivity contribution in [1.82, 2.24) is 14.5 Å². The van der Waals surface area contributed by atoms with Crippen LogP contribution in [-0.2, 0) is 6.67 Å². The van der Waals surface area contributed by atoms with Crippen molar-refractivity contribution < 1.29 is 4.42 Å². The van der Waals surface area contributed by atoms with Gasteiger partial charge < -0.3 is 4.42 Å². The molecule has 0 amide bonds. The molecule has 0 aliphatic carbocycles. The first-order chi connectivity index (χ1) is 13.2. The summed E-state index contributed by atoms with van der Waals surface area (Å²) in [4.78, 5) is 19.6. The zero-order chi connectivity index (χ0) is 18.4. The quantitative estimate of drug-likeness (QED) is 0.484. The van der Waals surface area contributed by atoms with Gasteiger partial charge in [-0.25, -0.2) is 9.78 Å². The summed E-state index contributed by atoms with van der Waals surface area (Å²) in [6.45, 7) is 1.41. The van der Waals surface area contributed by atoms with Crippen LogP contribution in [0.5, 0.6) is 0 Å². The molecule has 0 bridgehead atoms. The average molecular weight is 400 g/mol. The highest BCUT2D eigenvalue weighted by molar-refractivity contribution is 7.18. The van der Waals surface area contributed by atoms with Crippen LogP contribution in [0, 0.1) is 0 Å². The lowest BCUT2D eigenvalue weighted by molar-refractivity contribution is 0.109. The van der Waals surface area contributed by atoms with Crippen LogP contribution in [0.3, 0.4) is 0 Å². The Bertz CT molecular complexity index is 1150. The van der Waals surface area contributed by atoms with Gasteiger partial charge in [0.15, 0.2) is 5.58 Å². The molecule has 2 aromatic carbocycles. The molecule has 1 fully saturated rings. The molecular weight excluding hydrogens is 382 g/mol. The lowest BCUT2D eigenvalue weighted by Gasteiger charge is -2.34. The SMILES string of the molecule is O=c1oc2ccc(Cl)cc2n1CN1CCCC[C@H]1c1nc2ccccc2s1. The monoisotopic (exact) mass is 399 g/mol. The number of rotatable bonds is 3. The molecular formula is C20H18ClN3O2S. The maximum atomic E-state index is 12.4. The van der Waals surface area contributed by atoms with Crippen LogP contribution >= 0.6 is 22.9 Å². The van der Waals surface area contributed by atoms with Gasteiger partial charge in [0.25, 0.3) is 0 Å². The molecule has 1 aliphatic heterocycles. The summed E-state index contributed by atoms with van der Waals surface area (Å²) < 4.78 is 8.27. The minimum absolute atomic E-state index is 0.215. The van der Waals surface area contributed by atoms with Crippen molar-refractivity contribution in [3.05, 3.63) is 63.0 Å². The van der Waals surface area contributed by atoms with E-state index in [1.54, 1.807) is 34.1 Å². The van der Waals surface area contributed by atoms with Crippen molar-refractivity contribution in [3.63, 3.8) is 0 Å². The summed E-state index contributed by atoms with van der Waals surface area (Å²) in [6.07, 6.45) is 3.34. The van der Waals surface area contributed by atoms with Crippen LogP contribution in [0.2, 0.25) is 5.02 Å². The van der Waals surface area contributed by atoms with Gasteiger partial charge >= 0.3 is 5.76 Å². The first-order valence-corrected chi connectivity index (χ1v) is 10.3. The molecule has 3 heterocycles. The lowest BCUT2D eigenvalue weighted by atomic mass is 10.0. The molecule has 27 heavy (non-hydrogen) atoms. The molecule has 5 nitrogen and oxygen atoms in total. The van der Waals surface area contributed by atoms with E-state index in [0.717, 1.165) is 35.4 Å². The Labute approximate surface area is 164 Å². The Morgan fingerprint density at radius 2 is 2.11 bits per heavy atom. The van der Waals surface area contributed by atoms with E-state index in [1.807, 2.05) is 12.1 Å². The summed E-state index contributed by atoms with van der Waals surface area (Å²) in [6, 6.07) is 13.7. The summed E-state index contributed by atoms with van der Waals surface area (Å²) in [5, 5.41) is 1.72. The number of para-hydroxylation sites is 1. The fourth-order valence-electron chi connectivity index (χ4n) is 3.82. The third kappa shape index (κ3) is 3.08. The van der Waals surface area contributed by atoms with Crippen molar-refractivity contribution in [3.8, 4) is 0 Å². The number of piperidine rings is 1. The Kier molecular flexibility index (Phi) is 4.27. The predicted octanol–water partition coefficient (Wildman–Crippen LogP) is 5.04. The average Bonchev–Trinajstić information content (AvgIpc) is 3.24. The van der Waals surface area contributed by atoms with Crippen molar-refractivity contribution in [2.24, 2.45) is 0 Å². The first kappa shape index (κ1) is 17.0. The molecule has 4 aromatic rings. The number of fused-ring (bicyclic) bond motifs is 2. The Morgan fingerprint density at radius 1 is 1.22 bits per heavy atom. The standard InChI is InChI=1S/C20H18ClN3O2S/c21-13-8-9-17-16(11-13)24(20(25)26-17)12-23-10-4-3-6-15(23)19-22-14-5-1-2-7-18(14)27-19/h1-2,5,7-9,11,15H,3-4,6,10,12H2/t15-/m0/s1. The fourth-order valence-corrected chi connectivity index (χ4v) is 5.13. The van der Waals surface area contributed by atoms with E-state index in [1.165, 1.54) is 11.1 Å². The van der Waals surface area contributed by atoms with Gasteiger partial charge in [-0.1, -0.05) is 30.2 Å². The zero-order valence-corrected chi connectivity index (χ0v) is 16.2. The minimum Gasteiger partial charge on any atom is -0.408 e. The molecule has 0 spiro atoms. The fraction of sp³-hybridized carbons (Fsp3) is 0.300. The van der Waals surface area contributed by atoms with Crippen molar-refractivity contribution in [2.45, 2.75) is 32.0 Å². The molecule has 1 saturated heterocycles. The van der Waals surface area contributed by atoms with Gasteiger partial charge in [-0.15, -0.1) is 11.3 Å². The molecule has 2 aromatic heterocycles. The number of likely N-dealkylation sites (tertiary alicyclic amines) is 1. The number of aromatic nitrogens is 2. The molecule has 5 rings (SSSR count). The summed E-state index contributed by atoms with van der Waals surface area (Å²) >= 11 is 7.88. The topological polar surface area (TPSA) is 51.3 Å².